The molecule has 146 valence electrons. The molecule has 3 aromatic heterocycles. The number of fused-ring (bicyclic) bond motifs is 1. The van der Waals surface area contributed by atoms with Crippen LogP contribution < -0.4 is 5.43 Å². The van der Waals surface area contributed by atoms with Crippen LogP contribution in [0.4, 0.5) is 13.2 Å². The van der Waals surface area contributed by atoms with Crippen LogP contribution in [0.3, 0.4) is 0 Å². The summed E-state index contributed by atoms with van der Waals surface area (Å²) in [6.07, 6.45) is -0.00425. The normalized spacial score (nSPS) is 11.6. The van der Waals surface area contributed by atoms with E-state index in [1.807, 2.05) is 0 Å². The van der Waals surface area contributed by atoms with Crippen molar-refractivity contribution >= 4 is 16.8 Å². The maximum atomic E-state index is 13.0. The first-order valence-corrected chi connectivity index (χ1v) is 8.57. The third-order valence-electron chi connectivity index (χ3n) is 4.36. The third-order valence-corrected chi connectivity index (χ3v) is 4.36. The average Bonchev–Trinajstić information content (AvgIpc) is 3.10. The van der Waals surface area contributed by atoms with Gasteiger partial charge in [-0.25, -0.2) is 9.97 Å². The van der Waals surface area contributed by atoms with Gasteiger partial charge < -0.3 is 0 Å². The number of nitrogens with zero attached hydrogens (tertiary/aromatic N) is 4. The maximum Gasteiger partial charge on any atom is 0.416 e. The SMILES string of the molecule is Cc1nc(-c2ccccn2)ncc1C(=O)Nn1ccc2ccc(C(F)(F)F)cc21. The number of rotatable bonds is 3. The van der Waals surface area contributed by atoms with Gasteiger partial charge in [-0.3, -0.25) is 19.9 Å². The van der Waals surface area contributed by atoms with Gasteiger partial charge in [0.1, 0.15) is 5.69 Å². The number of hydrogen-bond donors (Lipinski definition) is 1. The van der Waals surface area contributed by atoms with E-state index in [0.717, 1.165) is 12.1 Å². The summed E-state index contributed by atoms with van der Waals surface area (Å²) in [6.45, 7) is 1.65. The number of halogens is 3. The first-order chi connectivity index (χ1) is 13.8. The van der Waals surface area contributed by atoms with E-state index in [0.29, 0.717) is 22.6 Å². The van der Waals surface area contributed by atoms with Crippen LogP contribution in [0.15, 0.2) is 61.1 Å². The molecule has 1 amide bonds. The molecule has 0 radical (unpaired) electrons. The van der Waals surface area contributed by atoms with E-state index in [1.165, 1.54) is 23.1 Å². The van der Waals surface area contributed by atoms with E-state index in [9.17, 15) is 18.0 Å². The van der Waals surface area contributed by atoms with Crippen molar-refractivity contribution in [3.63, 3.8) is 0 Å². The van der Waals surface area contributed by atoms with Crippen molar-refractivity contribution in [3.05, 3.63) is 77.9 Å². The Bertz CT molecular complexity index is 1200. The van der Waals surface area contributed by atoms with Gasteiger partial charge in [-0.15, -0.1) is 0 Å². The summed E-state index contributed by atoms with van der Waals surface area (Å²) in [5.74, 6) is -0.161. The Kier molecular flexibility index (Phi) is 4.50. The molecule has 1 aromatic carbocycles. The average molecular weight is 397 g/mol. The Balaban J connectivity index is 1.63. The van der Waals surface area contributed by atoms with Gasteiger partial charge in [0.05, 0.1) is 22.3 Å². The van der Waals surface area contributed by atoms with E-state index < -0.39 is 17.6 Å². The Hall–Kier alpha value is -3.75. The number of carbonyl (C=O) groups is 1. The van der Waals surface area contributed by atoms with Crippen molar-refractivity contribution < 1.29 is 18.0 Å². The standard InChI is InChI=1S/C20H14F3N5O/c1-12-15(11-25-18(26-12)16-4-2-3-8-24-16)19(29)27-28-9-7-13-5-6-14(10-17(13)28)20(21,22)23/h2-11H,1H3,(H,27,29). The number of alkyl halides is 3. The van der Waals surface area contributed by atoms with Crippen LogP contribution in [0.1, 0.15) is 21.6 Å². The molecule has 0 saturated carbocycles. The Morgan fingerprint density at radius 2 is 1.93 bits per heavy atom. The number of nitrogens with one attached hydrogen (secondary N) is 1. The first-order valence-electron chi connectivity index (χ1n) is 8.57. The second kappa shape index (κ2) is 7.01. The highest BCUT2D eigenvalue weighted by molar-refractivity contribution is 6.01. The highest BCUT2D eigenvalue weighted by atomic mass is 19.4. The fraction of sp³-hybridized carbons (Fsp3) is 0.100. The Labute approximate surface area is 163 Å². The number of aromatic nitrogens is 4. The quantitative estimate of drug-likeness (QED) is 0.562. The number of pyridine rings is 1. The Morgan fingerprint density at radius 1 is 1.10 bits per heavy atom. The second-order valence-corrected chi connectivity index (χ2v) is 6.31. The lowest BCUT2D eigenvalue weighted by molar-refractivity contribution is -0.137. The van der Waals surface area contributed by atoms with Crippen LogP contribution >= 0.6 is 0 Å². The first kappa shape index (κ1) is 18.6. The number of amides is 1. The van der Waals surface area contributed by atoms with Crippen molar-refractivity contribution in [2.45, 2.75) is 13.1 Å². The summed E-state index contributed by atoms with van der Waals surface area (Å²) in [4.78, 5) is 25.3. The minimum absolute atomic E-state index is 0.207. The van der Waals surface area contributed by atoms with E-state index in [4.69, 9.17) is 0 Å². The van der Waals surface area contributed by atoms with Gasteiger partial charge in [-0.2, -0.15) is 13.2 Å². The zero-order valence-electron chi connectivity index (χ0n) is 15.1. The van der Waals surface area contributed by atoms with Crippen molar-refractivity contribution in [3.8, 4) is 11.5 Å². The molecular formula is C20H14F3N5O. The second-order valence-electron chi connectivity index (χ2n) is 6.31. The van der Waals surface area contributed by atoms with Crippen molar-refractivity contribution in [1.29, 1.82) is 0 Å². The van der Waals surface area contributed by atoms with Crippen LogP contribution in [-0.2, 0) is 6.18 Å². The zero-order valence-corrected chi connectivity index (χ0v) is 15.1. The molecular weight excluding hydrogens is 383 g/mol. The van der Waals surface area contributed by atoms with E-state index >= 15 is 0 Å². The molecule has 0 bridgehead atoms. The summed E-state index contributed by atoms with van der Waals surface area (Å²) >= 11 is 0. The summed E-state index contributed by atoms with van der Waals surface area (Å²) in [6, 6.07) is 10.3. The zero-order chi connectivity index (χ0) is 20.6. The fourth-order valence-corrected chi connectivity index (χ4v) is 2.88. The molecule has 3 heterocycles. The van der Waals surface area contributed by atoms with Crippen molar-refractivity contribution in [2.24, 2.45) is 0 Å². The van der Waals surface area contributed by atoms with Crippen LogP contribution in [0.2, 0.25) is 0 Å². The number of carbonyl (C=O) groups excluding carboxylic acids is 1. The monoisotopic (exact) mass is 397 g/mol. The number of hydrogen-bond acceptors (Lipinski definition) is 4. The number of benzene rings is 1. The Morgan fingerprint density at radius 3 is 2.62 bits per heavy atom. The molecule has 0 unspecified atom stereocenters. The smallest absolute Gasteiger partial charge is 0.267 e. The molecule has 0 fully saturated rings. The van der Waals surface area contributed by atoms with E-state index in [-0.39, 0.29) is 11.1 Å². The molecule has 9 heteroatoms. The topological polar surface area (TPSA) is 72.7 Å². The minimum atomic E-state index is -4.47. The molecule has 0 aliphatic heterocycles. The maximum absolute atomic E-state index is 13.0. The number of aryl methyl sites for hydroxylation is 1. The van der Waals surface area contributed by atoms with Gasteiger partial charge >= 0.3 is 6.18 Å². The van der Waals surface area contributed by atoms with Gasteiger partial charge in [-0.1, -0.05) is 12.1 Å². The van der Waals surface area contributed by atoms with Crippen molar-refractivity contribution in [2.75, 3.05) is 5.43 Å². The molecule has 4 aromatic rings. The molecule has 0 atom stereocenters. The highest BCUT2D eigenvalue weighted by Crippen LogP contribution is 2.31. The summed E-state index contributed by atoms with van der Waals surface area (Å²) in [7, 11) is 0. The fourth-order valence-electron chi connectivity index (χ4n) is 2.88. The van der Waals surface area contributed by atoms with Crippen LogP contribution in [0.25, 0.3) is 22.4 Å². The van der Waals surface area contributed by atoms with Gasteiger partial charge in [0.2, 0.25) is 0 Å². The molecule has 4 rings (SSSR count). The molecule has 0 saturated heterocycles. The van der Waals surface area contributed by atoms with Gasteiger partial charge in [0.25, 0.3) is 5.91 Å². The molecule has 0 spiro atoms. The van der Waals surface area contributed by atoms with Crippen LogP contribution in [0, 0.1) is 6.92 Å². The van der Waals surface area contributed by atoms with Crippen molar-refractivity contribution in [1.82, 2.24) is 19.6 Å². The lowest BCUT2D eigenvalue weighted by atomic mass is 10.1. The summed E-state index contributed by atoms with van der Waals surface area (Å²) in [5, 5.41) is 0.566. The van der Waals surface area contributed by atoms with Gasteiger partial charge in [0.15, 0.2) is 5.82 Å². The molecule has 6 nitrogen and oxygen atoms in total. The minimum Gasteiger partial charge on any atom is -0.267 e. The molecule has 0 aliphatic carbocycles. The van der Waals surface area contributed by atoms with E-state index in [2.05, 4.69) is 20.4 Å². The predicted molar refractivity (Wildman–Crippen MR) is 101 cm³/mol. The molecule has 0 aliphatic rings. The molecule has 29 heavy (non-hydrogen) atoms. The van der Waals surface area contributed by atoms with Crippen LogP contribution in [0.5, 0.6) is 0 Å². The predicted octanol–water partition coefficient (Wildman–Crippen LogP) is 4.20. The lowest BCUT2D eigenvalue weighted by Crippen LogP contribution is -2.23. The highest BCUT2D eigenvalue weighted by Gasteiger charge is 2.30. The van der Waals surface area contributed by atoms with Crippen LogP contribution in [-0.4, -0.2) is 25.5 Å². The molecule has 1 N–H and O–H groups in total. The van der Waals surface area contributed by atoms with Gasteiger partial charge in [0, 0.05) is 24.0 Å². The third kappa shape index (κ3) is 3.66. The largest absolute Gasteiger partial charge is 0.416 e. The summed E-state index contributed by atoms with van der Waals surface area (Å²) in [5.41, 5.74) is 3.21. The summed E-state index contributed by atoms with van der Waals surface area (Å²) < 4.78 is 40.2. The van der Waals surface area contributed by atoms with Gasteiger partial charge in [-0.05, 0) is 37.3 Å². The van der Waals surface area contributed by atoms with E-state index in [1.54, 1.807) is 37.4 Å². The lowest BCUT2D eigenvalue weighted by Gasteiger charge is -2.11.